The molecule has 1 nitrogen and oxygen atoms in total. The van der Waals surface area contributed by atoms with Crippen LogP contribution in [0.4, 0.5) is 0 Å². The molecule has 1 heteroatoms. The van der Waals surface area contributed by atoms with Gasteiger partial charge in [-0.15, -0.1) is 0 Å². The van der Waals surface area contributed by atoms with E-state index in [2.05, 4.69) is 91.1 Å². The third-order valence-corrected chi connectivity index (χ3v) is 5.20. The fourth-order valence-corrected chi connectivity index (χ4v) is 3.84. The van der Waals surface area contributed by atoms with Gasteiger partial charge >= 0.3 is 0 Å². The lowest BCUT2D eigenvalue weighted by Crippen LogP contribution is -2.24. The van der Waals surface area contributed by atoms with Crippen LogP contribution in [0.5, 0.6) is 0 Å². The predicted octanol–water partition coefficient (Wildman–Crippen LogP) is 5.15. The largest absolute Gasteiger partial charge is 0.456 e. The second kappa shape index (κ2) is 6.77. The molecule has 2 aliphatic carbocycles. The van der Waals surface area contributed by atoms with Crippen molar-refractivity contribution in [3.8, 4) is 0 Å². The van der Waals surface area contributed by atoms with E-state index < -0.39 is 0 Å². The topological polar surface area (TPSA) is 13.1 Å². The zero-order valence-electron chi connectivity index (χ0n) is 15.0. The highest BCUT2D eigenvalue weighted by Crippen LogP contribution is 2.25. The van der Waals surface area contributed by atoms with Gasteiger partial charge in [-0.05, 0) is 23.6 Å². The van der Waals surface area contributed by atoms with Gasteiger partial charge in [-0.2, -0.15) is 0 Å². The number of hydrogen-bond acceptors (Lipinski definition) is 1. The highest BCUT2D eigenvalue weighted by molar-refractivity contribution is 5.82. The van der Waals surface area contributed by atoms with Crippen molar-refractivity contribution >= 4 is 28.2 Å². The van der Waals surface area contributed by atoms with Crippen molar-refractivity contribution in [2.45, 2.75) is 6.42 Å². The summed E-state index contributed by atoms with van der Waals surface area (Å²) < 4.78 is 6.28. The summed E-state index contributed by atoms with van der Waals surface area (Å²) in [4.78, 5) is 0. The van der Waals surface area contributed by atoms with E-state index in [1.54, 1.807) is 0 Å². The Morgan fingerprint density at radius 2 is 1.70 bits per heavy atom. The standard InChI is InChI=1S/C26H20O/c1-2-9-19(10-3-1)20-11-8-12-21(18-17-20)22-13-4-5-15-24-23-14-6-7-16-25(23)27-26(22)24/h1-4,6-18,21H,5H2. The molecule has 0 saturated carbocycles. The normalized spacial score (nSPS) is 18.6. The van der Waals surface area contributed by atoms with Crippen LogP contribution in [-0.2, 0) is 0 Å². The van der Waals surface area contributed by atoms with Crippen molar-refractivity contribution in [1.29, 1.82) is 0 Å². The van der Waals surface area contributed by atoms with Crippen molar-refractivity contribution < 1.29 is 4.42 Å². The van der Waals surface area contributed by atoms with E-state index in [9.17, 15) is 0 Å². The maximum atomic E-state index is 6.28. The van der Waals surface area contributed by atoms with Crippen molar-refractivity contribution in [3.63, 3.8) is 0 Å². The monoisotopic (exact) mass is 348 g/mol. The maximum Gasteiger partial charge on any atom is 0.139 e. The van der Waals surface area contributed by atoms with Gasteiger partial charge in [-0.25, -0.2) is 0 Å². The molecule has 0 fully saturated rings. The fraction of sp³-hybridized carbons (Fsp3) is 0.0769. The molecule has 130 valence electrons. The predicted molar refractivity (Wildman–Crippen MR) is 113 cm³/mol. The zero-order chi connectivity index (χ0) is 18.1. The number of fused-ring (bicyclic) bond motifs is 3. The number of benzene rings is 2. The molecule has 2 aromatic carbocycles. The molecular formula is C26H20O. The van der Waals surface area contributed by atoms with Crippen LogP contribution in [0.2, 0.25) is 0 Å². The Kier molecular flexibility index (Phi) is 3.99. The number of para-hydroxylation sites is 1. The minimum atomic E-state index is 0.185. The van der Waals surface area contributed by atoms with Gasteiger partial charge in [-0.1, -0.05) is 97.1 Å². The Morgan fingerprint density at radius 3 is 2.63 bits per heavy atom. The fourth-order valence-electron chi connectivity index (χ4n) is 3.84. The Labute approximate surface area is 158 Å². The molecule has 0 bridgehead atoms. The second-order valence-electron chi connectivity index (χ2n) is 6.90. The highest BCUT2D eigenvalue weighted by atomic mass is 16.3. The highest BCUT2D eigenvalue weighted by Gasteiger charge is 2.14. The maximum absolute atomic E-state index is 6.28. The molecule has 1 unspecified atom stereocenters. The Balaban J connectivity index is 1.64. The third kappa shape index (κ3) is 2.92. The van der Waals surface area contributed by atoms with E-state index in [0.29, 0.717) is 0 Å². The van der Waals surface area contributed by atoms with E-state index >= 15 is 0 Å². The van der Waals surface area contributed by atoms with Crippen LogP contribution < -0.4 is 10.6 Å². The minimum Gasteiger partial charge on any atom is -0.456 e. The summed E-state index contributed by atoms with van der Waals surface area (Å²) in [6, 6.07) is 18.8. The number of furan rings is 1. The van der Waals surface area contributed by atoms with Crippen molar-refractivity contribution in [1.82, 2.24) is 0 Å². The Morgan fingerprint density at radius 1 is 0.852 bits per heavy atom. The summed E-state index contributed by atoms with van der Waals surface area (Å²) in [5.74, 6) is 0.185. The van der Waals surface area contributed by atoms with E-state index in [0.717, 1.165) is 17.4 Å². The van der Waals surface area contributed by atoms with Gasteiger partial charge in [0.15, 0.2) is 0 Å². The van der Waals surface area contributed by atoms with E-state index in [1.807, 2.05) is 12.1 Å². The Hall–Kier alpha value is -3.32. The molecule has 0 saturated heterocycles. The van der Waals surface area contributed by atoms with E-state index in [4.69, 9.17) is 4.42 Å². The molecule has 1 atom stereocenters. The first kappa shape index (κ1) is 15.9. The molecule has 5 rings (SSSR count). The molecule has 0 N–H and O–H groups in total. The van der Waals surface area contributed by atoms with Crippen LogP contribution in [0.15, 0.2) is 102 Å². The van der Waals surface area contributed by atoms with E-state index in [1.165, 1.54) is 27.3 Å². The number of rotatable bonds is 2. The lowest BCUT2D eigenvalue weighted by molar-refractivity contribution is 0.569. The van der Waals surface area contributed by atoms with Crippen LogP contribution in [0.3, 0.4) is 0 Å². The van der Waals surface area contributed by atoms with Crippen molar-refractivity contribution in [3.05, 3.63) is 113 Å². The summed E-state index contributed by atoms with van der Waals surface area (Å²) in [7, 11) is 0. The third-order valence-electron chi connectivity index (χ3n) is 5.20. The van der Waals surface area contributed by atoms with Crippen LogP contribution >= 0.6 is 0 Å². The average Bonchev–Trinajstić information content (AvgIpc) is 2.87. The quantitative estimate of drug-likeness (QED) is 0.624. The summed E-state index contributed by atoms with van der Waals surface area (Å²) in [6.45, 7) is 0. The Bertz CT molecular complexity index is 1230. The second-order valence-corrected chi connectivity index (χ2v) is 6.90. The van der Waals surface area contributed by atoms with Gasteiger partial charge in [0.1, 0.15) is 11.0 Å². The summed E-state index contributed by atoms with van der Waals surface area (Å²) >= 11 is 0. The molecule has 2 aliphatic rings. The molecule has 27 heavy (non-hydrogen) atoms. The van der Waals surface area contributed by atoms with Crippen molar-refractivity contribution in [2.75, 3.05) is 0 Å². The van der Waals surface area contributed by atoms with Crippen LogP contribution in [0.25, 0.3) is 28.2 Å². The summed E-state index contributed by atoms with van der Waals surface area (Å²) in [5, 5.41) is 2.41. The van der Waals surface area contributed by atoms with Gasteiger partial charge in [0.25, 0.3) is 0 Å². The summed E-state index contributed by atoms with van der Waals surface area (Å²) in [6.07, 6.45) is 18.7. The number of allylic oxidation sites excluding steroid dienone is 8. The SMILES string of the molecule is C1=CC(C2=c3oc4ccccc4c3=CCC=C2)C=CC(c2ccccc2)=C1. The minimum absolute atomic E-state index is 0.185. The van der Waals surface area contributed by atoms with Gasteiger partial charge in [0.05, 0.1) is 0 Å². The number of hydrogen-bond donors (Lipinski definition) is 0. The molecule has 1 aromatic heterocycles. The zero-order valence-corrected chi connectivity index (χ0v) is 15.0. The molecule has 3 aromatic rings. The smallest absolute Gasteiger partial charge is 0.139 e. The van der Waals surface area contributed by atoms with Crippen LogP contribution in [-0.4, -0.2) is 0 Å². The first-order chi connectivity index (χ1) is 13.4. The van der Waals surface area contributed by atoms with Gasteiger partial charge in [0, 0.05) is 22.1 Å². The van der Waals surface area contributed by atoms with Crippen molar-refractivity contribution in [2.24, 2.45) is 5.92 Å². The molecular weight excluding hydrogens is 328 g/mol. The lowest BCUT2D eigenvalue weighted by Gasteiger charge is -2.07. The molecule has 0 aliphatic heterocycles. The molecule has 0 amide bonds. The average molecular weight is 348 g/mol. The first-order valence-electron chi connectivity index (χ1n) is 9.41. The summed E-state index contributed by atoms with van der Waals surface area (Å²) in [5.41, 5.74) is 5.62. The van der Waals surface area contributed by atoms with Gasteiger partial charge < -0.3 is 4.42 Å². The first-order valence-corrected chi connectivity index (χ1v) is 9.41. The molecule has 1 heterocycles. The van der Waals surface area contributed by atoms with E-state index in [-0.39, 0.29) is 5.92 Å². The van der Waals surface area contributed by atoms with Gasteiger partial charge in [0.2, 0.25) is 0 Å². The lowest BCUT2D eigenvalue weighted by atomic mass is 9.97. The van der Waals surface area contributed by atoms with Crippen LogP contribution in [0.1, 0.15) is 12.0 Å². The van der Waals surface area contributed by atoms with Crippen LogP contribution in [0, 0.1) is 5.92 Å². The molecule has 0 radical (unpaired) electrons. The molecule has 0 spiro atoms. The van der Waals surface area contributed by atoms with Gasteiger partial charge in [-0.3, -0.25) is 0 Å².